The molecule has 2 N–H and O–H groups in total. The van der Waals surface area contributed by atoms with Gasteiger partial charge >= 0.3 is 0 Å². The molecule has 1 atom stereocenters. The Bertz CT molecular complexity index is 1260. The first-order chi connectivity index (χ1) is 18.2. The zero-order chi connectivity index (χ0) is 25.0. The molecule has 3 saturated heterocycles. The van der Waals surface area contributed by atoms with Gasteiger partial charge in [-0.15, -0.1) is 0 Å². The molecule has 3 aliphatic rings. The third-order valence-corrected chi connectivity index (χ3v) is 7.18. The third-order valence-electron chi connectivity index (χ3n) is 7.18. The molecule has 0 bridgehead atoms. The predicted molar refractivity (Wildman–Crippen MR) is 140 cm³/mol. The summed E-state index contributed by atoms with van der Waals surface area (Å²) >= 11 is 0. The maximum Gasteiger partial charge on any atom is 0.230 e. The summed E-state index contributed by atoms with van der Waals surface area (Å²) < 4.78 is 11.3. The Hall–Kier alpha value is -3.78. The number of piperazine rings is 1. The highest BCUT2D eigenvalue weighted by molar-refractivity contribution is 5.64. The van der Waals surface area contributed by atoms with Crippen molar-refractivity contribution in [2.24, 2.45) is 0 Å². The average Bonchev–Trinajstić information content (AvgIpc) is 3.42. The number of nitriles is 1. The Kier molecular flexibility index (Phi) is 6.82. The Morgan fingerprint density at radius 2 is 1.89 bits per heavy atom. The zero-order valence-corrected chi connectivity index (χ0v) is 20.6. The lowest BCUT2D eigenvalue weighted by molar-refractivity contribution is -0.0660. The van der Waals surface area contributed by atoms with E-state index in [0.29, 0.717) is 29.1 Å². The SMILES string of the molecule is N#Cc1cc(-c2ncnc(Nc3ccc(N4CCN(C5COC5)CC4)cc3)n2)ccc1OC1CCNC1. The largest absolute Gasteiger partial charge is 0.488 e. The van der Waals surface area contributed by atoms with Gasteiger partial charge in [-0.3, -0.25) is 4.90 Å². The first-order valence-electron chi connectivity index (χ1n) is 12.8. The molecule has 3 aliphatic heterocycles. The molecule has 0 saturated carbocycles. The third kappa shape index (κ3) is 5.34. The fraction of sp³-hybridized carbons (Fsp3) is 0.407. The smallest absolute Gasteiger partial charge is 0.230 e. The van der Waals surface area contributed by atoms with Crippen LogP contribution in [0.1, 0.15) is 12.0 Å². The summed E-state index contributed by atoms with van der Waals surface area (Å²) in [6.45, 7) is 7.65. The van der Waals surface area contributed by atoms with Crippen molar-refractivity contribution in [2.45, 2.75) is 18.6 Å². The van der Waals surface area contributed by atoms with Crippen LogP contribution in [-0.2, 0) is 4.74 Å². The second-order valence-corrected chi connectivity index (χ2v) is 9.57. The molecular formula is C27H30N8O2. The molecule has 2 aromatic carbocycles. The van der Waals surface area contributed by atoms with Crippen molar-refractivity contribution in [2.75, 3.05) is 62.7 Å². The summed E-state index contributed by atoms with van der Waals surface area (Å²) in [6.07, 6.45) is 2.50. The van der Waals surface area contributed by atoms with Crippen LogP contribution >= 0.6 is 0 Å². The molecule has 190 valence electrons. The molecule has 0 radical (unpaired) electrons. The van der Waals surface area contributed by atoms with Gasteiger partial charge in [0, 0.05) is 49.7 Å². The number of nitrogens with zero attached hydrogens (tertiary/aromatic N) is 6. The van der Waals surface area contributed by atoms with Crippen LogP contribution in [0.3, 0.4) is 0 Å². The van der Waals surface area contributed by atoms with Crippen molar-refractivity contribution in [1.29, 1.82) is 5.26 Å². The van der Waals surface area contributed by atoms with E-state index in [2.05, 4.69) is 53.6 Å². The molecule has 6 rings (SSSR count). The molecule has 37 heavy (non-hydrogen) atoms. The van der Waals surface area contributed by atoms with E-state index >= 15 is 0 Å². The molecule has 0 aliphatic carbocycles. The normalized spacial score (nSPS) is 20.3. The summed E-state index contributed by atoms with van der Waals surface area (Å²) in [7, 11) is 0. The molecule has 0 spiro atoms. The minimum Gasteiger partial charge on any atom is -0.488 e. The van der Waals surface area contributed by atoms with Crippen LogP contribution in [0.4, 0.5) is 17.3 Å². The van der Waals surface area contributed by atoms with Gasteiger partial charge in [-0.25, -0.2) is 9.97 Å². The Morgan fingerprint density at radius 3 is 2.59 bits per heavy atom. The molecule has 4 heterocycles. The summed E-state index contributed by atoms with van der Waals surface area (Å²) in [5.74, 6) is 1.53. The van der Waals surface area contributed by atoms with E-state index in [-0.39, 0.29) is 6.10 Å². The molecule has 0 amide bonds. The highest BCUT2D eigenvalue weighted by Gasteiger charge is 2.28. The van der Waals surface area contributed by atoms with Crippen molar-refractivity contribution in [3.63, 3.8) is 0 Å². The molecule has 10 heteroatoms. The maximum absolute atomic E-state index is 9.66. The van der Waals surface area contributed by atoms with Crippen LogP contribution < -0.4 is 20.3 Å². The second-order valence-electron chi connectivity index (χ2n) is 9.57. The molecule has 1 unspecified atom stereocenters. The summed E-state index contributed by atoms with van der Waals surface area (Å²) in [5.41, 5.74) is 3.32. The maximum atomic E-state index is 9.66. The van der Waals surface area contributed by atoms with Gasteiger partial charge in [0.15, 0.2) is 5.82 Å². The van der Waals surface area contributed by atoms with Crippen LogP contribution in [-0.4, -0.2) is 84.5 Å². The monoisotopic (exact) mass is 498 g/mol. The van der Waals surface area contributed by atoms with Crippen LogP contribution in [0.5, 0.6) is 5.75 Å². The van der Waals surface area contributed by atoms with E-state index in [4.69, 9.17) is 9.47 Å². The second kappa shape index (κ2) is 10.7. The van der Waals surface area contributed by atoms with Crippen LogP contribution in [0.25, 0.3) is 11.4 Å². The van der Waals surface area contributed by atoms with Crippen molar-refractivity contribution in [3.8, 4) is 23.2 Å². The topological polar surface area (TPSA) is 111 Å². The van der Waals surface area contributed by atoms with E-state index < -0.39 is 0 Å². The molecular weight excluding hydrogens is 468 g/mol. The van der Waals surface area contributed by atoms with E-state index in [9.17, 15) is 5.26 Å². The van der Waals surface area contributed by atoms with E-state index in [1.165, 1.54) is 12.0 Å². The fourth-order valence-corrected chi connectivity index (χ4v) is 4.93. The van der Waals surface area contributed by atoms with E-state index in [1.54, 1.807) is 6.07 Å². The number of rotatable bonds is 7. The van der Waals surface area contributed by atoms with Gasteiger partial charge in [0.1, 0.15) is 24.3 Å². The molecule has 1 aromatic heterocycles. The van der Waals surface area contributed by atoms with Crippen LogP contribution in [0.2, 0.25) is 0 Å². The standard InChI is InChI=1S/C27H30N8O2/c28-14-20-13-19(1-6-25(20)37-24-7-8-29-15-24)26-30-18-31-27(33-26)32-21-2-4-22(5-3-21)34-9-11-35(12-10-34)23-16-36-17-23/h1-6,13,18,23-24,29H,7-12,15-17H2,(H,30,31,32,33). The van der Waals surface area contributed by atoms with Gasteiger partial charge in [-0.1, -0.05) is 0 Å². The quantitative estimate of drug-likeness (QED) is 0.504. The Balaban J connectivity index is 1.10. The lowest BCUT2D eigenvalue weighted by Gasteiger charge is -2.43. The number of benzene rings is 2. The zero-order valence-electron chi connectivity index (χ0n) is 20.6. The number of aromatic nitrogens is 3. The number of ether oxygens (including phenoxy) is 2. The minimum absolute atomic E-state index is 0.0874. The first-order valence-corrected chi connectivity index (χ1v) is 12.8. The minimum atomic E-state index is 0.0874. The summed E-state index contributed by atoms with van der Waals surface area (Å²) in [6, 6.07) is 16.7. The van der Waals surface area contributed by atoms with E-state index in [0.717, 1.165) is 70.2 Å². The van der Waals surface area contributed by atoms with Crippen molar-refractivity contribution >= 4 is 17.3 Å². The highest BCUT2D eigenvalue weighted by Crippen LogP contribution is 2.27. The van der Waals surface area contributed by atoms with Gasteiger partial charge in [0.25, 0.3) is 0 Å². The molecule has 10 nitrogen and oxygen atoms in total. The Labute approximate surface area is 216 Å². The first kappa shape index (κ1) is 23.6. The van der Waals surface area contributed by atoms with Crippen LogP contribution in [0.15, 0.2) is 48.8 Å². The predicted octanol–water partition coefficient (Wildman–Crippen LogP) is 2.42. The summed E-state index contributed by atoms with van der Waals surface area (Å²) in [5, 5.41) is 16.2. The van der Waals surface area contributed by atoms with Gasteiger partial charge in [0.05, 0.1) is 24.8 Å². The lowest BCUT2D eigenvalue weighted by Crippen LogP contribution is -2.56. The Morgan fingerprint density at radius 1 is 1.05 bits per heavy atom. The highest BCUT2D eigenvalue weighted by atomic mass is 16.5. The van der Waals surface area contributed by atoms with E-state index in [1.807, 2.05) is 24.3 Å². The number of hydrogen-bond acceptors (Lipinski definition) is 10. The number of hydrogen-bond donors (Lipinski definition) is 2. The van der Waals surface area contributed by atoms with Gasteiger partial charge in [0.2, 0.25) is 5.95 Å². The van der Waals surface area contributed by atoms with Crippen molar-refractivity contribution < 1.29 is 9.47 Å². The van der Waals surface area contributed by atoms with Gasteiger partial charge < -0.3 is 25.0 Å². The van der Waals surface area contributed by atoms with Crippen molar-refractivity contribution in [3.05, 3.63) is 54.4 Å². The molecule has 3 fully saturated rings. The van der Waals surface area contributed by atoms with Crippen molar-refractivity contribution in [1.82, 2.24) is 25.2 Å². The number of anilines is 3. The van der Waals surface area contributed by atoms with Gasteiger partial charge in [-0.2, -0.15) is 10.2 Å². The average molecular weight is 499 g/mol. The summed E-state index contributed by atoms with van der Waals surface area (Å²) in [4.78, 5) is 18.1. The lowest BCUT2D eigenvalue weighted by atomic mass is 10.1. The molecule has 3 aromatic rings. The van der Waals surface area contributed by atoms with Gasteiger partial charge in [-0.05, 0) is 55.4 Å². The van der Waals surface area contributed by atoms with Crippen LogP contribution in [0, 0.1) is 11.3 Å². The number of nitrogens with one attached hydrogen (secondary N) is 2. The fourth-order valence-electron chi connectivity index (χ4n) is 4.93.